The van der Waals surface area contributed by atoms with Gasteiger partial charge in [0.15, 0.2) is 0 Å². The molecule has 28 heavy (non-hydrogen) atoms. The van der Waals surface area contributed by atoms with Gasteiger partial charge in [0, 0.05) is 23.9 Å². The number of hydrogen-bond donors (Lipinski definition) is 2. The Labute approximate surface area is 167 Å². The lowest BCUT2D eigenvalue weighted by atomic mass is 9.76. The standard InChI is InChI=1S/C18H28N2.C4H4O4/c1-4-18(19(2)3)20-16-11-7-5-9-14(16)13-15-10-6-8-12-17(15)20;5-3(6)1-2-4(7)8/h5,7,9,11,15,17-18H,4,6,8,10,12-13H2,1-3H3;1-2H,(H,5,6)(H,7,8)/b;2-1-/t15-,17+,18?;/m0./s1. The van der Waals surface area contributed by atoms with Crippen molar-refractivity contribution in [2.75, 3.05) is 19.0 Å². The Hall–Kier alpha value is -2.34. The maximum atomic E-state index is 9.55. The van der Waals surface area contributed by atoms with Crippen LogP contribution in [0.2, 0.25) is 0 Å². The fourth-order valence-electron chi connectivity index (χ4n) is 4.52. The topological polar surface area (TPSA) is 81.1 Å². The molecule has 1 fully saturated rings. The number of nitrogens with zero attached hydrogens (tertiary/aromatic N) is 2. The van der Waals surface area contributed by atoms with E-state index < -0.39 is 11.9 Å². The fourth-order valence-corrected chi connectivity index (χ4v) is 4.52. The second-order valence-corrected chi connectivity index (χ2v) is 7.71. The van der Waals surface area contributed by atoms with Gasteiger partial charge in [0.1, 0.15) is 0 Å². The lowest BCUT2D eigenvalue weighted by Gasteiger charge is -2.51. The Kier molecular flexibility index (Phi) is 8.05. The minimum absolute atomic E-state index is 0.530. The first-order valence-corrected chi connectivity index (χ1v) is 10.0. The molecule has 1 unspecified atom stereocenters. The Balaban J connectivity index is 0.000000300. The average molecular weight is 389 g/mol. The van der Waals surface area contributed by atoms with E-state index in [1.54, 1.807) is 5.56 Å². The van der Waals surface area contributed by atoms with Crippen molar-refractivity contribution in [1.82, 2.24) is 4.90 Å². The zero-order chi connectivity index (χ0) is 20.7. The summed E-state index contributed by atoms with van der Waals surface area (Å²) >= 11 is 0. The summed E-state index contributed by atoms with van der Waals surface area (Å²) in [7, 11) is 4.45. The molecule has 2 N–H and O–H groups in total. The lowest BCUT2D eigenvalue weighted by molar-refractivity contribution is -0.134. The molecule has 1 heterocycles. The number of aliphatic carboxylic acids is 2. The van der Waals surface area contributed by atoms with E-state index in [9.17, 15) is 9.59 Å². The highest BCUT2D eigenvalue weighted by Gasteiger charge is 2.38. The normalized spacial score (nSPS) is 22.1. The Morgan fingerprint density at radius 1 is 1.14 bits per heavy atom. The Bertz CT molecular complexity index is 686. The second kappa shape index (κ2) is 10.3. The van der Waals surface area contributed by atoms with Gasteiger partial charge in [-0.15, -0.1) is 0 Å². The SMILES string of the molecule is CCC(N(C)C)N1c2ccccc2C[C@@H]2CCCC[C@H]21.O=C(O)/C=C\C(=O)O. The quantitative estimate of drug-likeness (QED) is 0.750. The first-order chi connectivity index (χ1) is 13.3. The van der Waals surface area contributed by atoms with Crippen molar-refractivity contribution < 1.29 is 19.8 Å². The molecule has 6 heteroatoms. The van der Waals surface area contributed by atoms with Gasteiger partial charge in [-0.25, -0.2) is 9.59 Å². The van der Waals surface area contributed by atoms with Gasteiger partial charge in [-0.3, -0.25) is 4.90 Å². The molecule has 0 saturated heterocycles. The molecule has 2 aliphatic rings. The number of para-hydroxylation sites is 1. The van der Waals surface area contributed by atoms with Gasteiger partial charge in [-0.2, -0.15) is 0 Å². The van der Waals surface area contributed by atoms with Crippen molar-refractivity contribution in [1.29, 1.82) is 0 Å². The summed E-state index contributed by atoms with van der Waals surface area (Å²) in [6.07, 6.45) is 9.75. The first-order valence-electron chi connectivity index (χ1n) is 10.0. The fraction of sp³-hybridized carbons (Fsp3) is 0.545. The van der Waals surface area contributed by atoms with E-state index in [2.05, 4.69) is 55.1 Å². The molecule has 1 aliphatic heterocycles. The van der Waals surface area contributed by atoms with Gasteiger partial charge >= 0.3 is 11.9 Å². The molecule has 3 rings (SSSR count). The zero-order valence-corrected chi connectivity index (χ0v) is 17.0. The Morgan fingerprint density at radius 3 is 2.32 bits per heavy atom. The monoisotopic (exact) mass is 388 g/mol. The highest BCUT2D eigenvalue weighted by molar-refractivity contribution is 5.89. The molecule has 154 valence electrons. The summed E-state index contributed by atoms with van der Waals surface area (Å²) in [6, 6.07) is 9.85. The molecule has 1 aromatic rings. The van der Waals surface area contributed by atoms with Crippen LogP contribution in [-0.2, 0) is 16.0 Å². The summed E-state index contributed by atoms with van der Waals surface area (Å²) in [4.78, 5) is 24.3. The molecule has 1 aliphatic carbocycles. The number of carboxylic acid groups (broad SMARTS) is 2. The molecule has 1 aromatic carbocycles. The third-order valence-electron chi connectivity index (χ3n) is 5.63. The smallest absolute Gasteiger partial charge is 0.328 e. The highest BCUT2D eigenvalue weighted by Crippen LogP contribution is 2.42. The molecule has 3 atom stereocenters. The van der Waals surface area contributed by atoms with Crippen LogP contribution in [0.25, 0.3) is 0 Å². The van der Waals surface area contributed by atoms with Gasteiger partial charge in [0.2, 0.25) is 0 Å². The van der Waals surface area contributed by atoms with Crippen LogP contribution in [0.5, 0.6) is 0 Å². The predicted molar refractivity (Wildman–Crippen MR) is 111 cm³/mol. The first kappa shape index (κ1) is 22.0. The van der Waals surface area contributed by atoms with Crippen molar-refractivity contribution in [2.45, 2.75) is 57.7 Å². The number of benzene rings is 1. The van der Waals surface area contributed by atoms with Crippen molar-refractivity contribution in [3.8, 4) is 0 Å². The van der Waals surface area contributed by atoms with E-state index >= 15 is 0 Å². The van der Waals surface area contributed by atoms with Crippen LogP contribution in [0.1, 0.15) is 44.6 Å². The van der Waals surface area contributed by atoms with Gasteiger partial charge in [-0.1, -0.05) is 38.0 Å². The summed E-state index contributed by atoms with van der Waals surface area (Å²) in [6.45, 7) is 2.32. The van der Waals surface area contributed by atoms with Crippen LogP contribution in [0.15, 0.2) is 36.4 Å². The van der Waals surface area contributed by atoms with Gasteiger partial charge < -0.3 is 15.1 Å². The highest BCUT2D eigenvalue weighted by atomic mass is 16.4. The zero-order valence-electron chi connectivity index (χ0n) is 17.0. The Morgan fingerprint density at radius 2 is 1.75 bits per heavy atom. The second-order valence-electron chi connectivity index (χ2n) is 7.71. The third-order valence-corrected chi connectivity index (χ3v) is 5.63. The van der Waals surface area contributed by atoms with Crippen molar-refractivity contribution in [3.63, 3.8) is 0 Å². The van der Waals surface area contributed by atoms with E-state index in [0.717, 1.165) is 12.0 Å². The van der Waals surface area contributed by atoms with Gasteiger partial charge in [0.05, 0.1) is 6.17 Å². The van der Waals surface area contributed by atoms with E-state index in [0.29, 0.717) is 18.3 Å². The number of hydrogen-bond acceptors (Lipinski definition) is 4. The van der Waals surface area contributed by atoms with Crippen LogP contribution in [-0.4, -0.2) is 53.4 Å². The minimum Gasteiger partial charge on any atom is -0.478 e. The number of rotatable bonds is 5. The summed E-state index contributed by atoms with van der Waals surface area (Å²) in [5, 5.41) is 15.6. The van der Waals surface area contributed by atoms with E-state index in [4.69, 9.17) is 10.2 Å². The van der Waals surface area contributed by atoms with Gasteiger partial charge in [0.25, 0.3) is 0 Å². The molecule has 0 amide bonds. The largest absolute Gasteiger partial charge is 0.478 e. The average Bonchev–Trinajstić information content (AvgIpc) is 2.66. The molecular formula is C22H32N2O4. The van der Waals surface area contributed by atoms with Crippen LogP contribution in [0.3, 0.4) is 0 Å². The number of carbonyl (C=O) groups is 2. The van der Waals surface area contributed by atoms with Crippen molar-refractivity contribution >= 4 is 17.6 Å². The molecule has 1 saturated carbocycles. The third kappa shape index (κ3) is 5.58. The predicted octanol–water partition coefficient (Wildman–Crippen LogP) is 3.62. The molecule has 0 aromatic heterocycles. The lowest BCUT2D eigenvalue weighted by Crippen LogP contribution is -2.56. The van der Waals surface area contributed by atoms with E-state index in [-0.39, 0.29) is 0 Å². The van der Waals surface area contributed by atoms with Crippen LogP contribution in [0, 0.1) is 5.92 Å². The van der Waals surface area contributed by atoms with Crippen molar-refractivity contribution in [3.05, 3.63) is 42.0 Å². The summed E-state index contributed by atoms with van der Waals surface area (Å²) in [5.74, 6) is -1.65. The summed E-state index contributed by atoms with van der Waals surface area (Å²) < 4.78 is 0. The van der Waals surface area contributed by atoms with Crippen LogP contribution >= 0.6 is 0 Å². The molecule has 0 radical (unpaired) electrons. The maximum Gasteiger partial charge on any atom is 0.328 e. The number of anilines is 1. The van der Waals surface area contributed by atoms with Crippen LogP contribution in [0.4, 0.5) is 5.69 Å². The molecule has 0 bridgehead atoms. The summed E-state index contributed by atoms with van der Waals surface area (Å²) in [5.41, 5.74) is 3.06. The van der Waals surface area contributed by atoms with Gasteiger partial charge in [-0.05, 0) is 57.3 Å². The number of fused-ring (bicyclic) bond motifs is 2. The van der Waals surface area contributed by atoms with E-state index in [1.807, 2.05) is 0 Å². The molecule has 6 nitrogen and oxygen atoms in total. The van der Waals surface area contributed by atoms with Crippen LogP contribution < -0.4 is 4.90 Å². The minimum atomic E-state index is -1.26. The van der Waals surface area contributed by atoms with E-state index in [1.165, 1.54) is 44.2 Å². The molecular weight excluding hydrogens is 356 g/mol. The molecule has 0 spiro atoms. The number of carboxylic acids is 2. The maximum absolute atomic E-state index is 9.55. The van der Waals surface area contributed by atoms with Crippen molar-refractivity contribution in [2.24, 2.45) is 5.92 Å².